The molecule has 0 bridgehead atoms. The van der Waals surface area contributed by atoms with E-state index in [4.69, 9.17) is 43.0 Å². The molecule has 0 aliphatic heterocycles. The van der Waals surface area contributed by atoms with Gasteiger partial charge in [0.25, 0.3) is 0 Å². The van der Waals surface area contributed by atoms with Gasteiger partial charge in [-0.2, -0.15) is 0 Å². The van der Waals surface area contributed by atoms with Gasteiger partial charge >= 0.3 is 0 Å². The summed E-state index contributed by atoms with van der Waals surface area (Å²) < 4.78 is 9.31. The van der Waals surface area contributed by atoms with Gasteiger partial charge in [0, 0.05) is 99.2 Å². The van der Waals surface area contributed by atoms with Crippen molar-refractivity contribution in [2.24, 2.45) is 0 Å². The van der Waals surface area contributed by atoms with Crippen LogP contribution in [0.3, 0.4) is 0 Å². The van der Waals surface area contributed by atoms with Crippen LogP contribution in [0.15, 0.2) is 291 Å². The fourth-order valence-corrected chi connectivity index (χ4v) is 17.8. The maximum Gasteiger partial charge on any atom is 0.202 e. The summed E-state index contributed by atoms with van der Waals surface area (Å²) in [6, 6.07) is 103. The first-order valence-electron chi connectivity index (χ1n) is 42.6. The van der Waals surface area contributed by atoms with E-state index in [1.54, 1.807) is 0 Å². The Bertz CT molecular complexity index is 7430. The fraction of sp³-hybridized carbons (Fsp3) is 0.179. The maximum absolute atomic E-state index is 9.09. The van der Waals surface area contributed by atoms with E-state index in [0.29, 0.717) is 57.4 Å². The van der Waals surface area contributed by atoms with Gasteiger partial charge in [-0.3, -0.25) is 0 Å². The van der Waals surface area contributed by atoms with Gasteiger partial charge in [0.05, 0.1) is 57.3 Å². The predicted octanol–water partition coefficient (Wildman–Crippen LogP) is 29.7. The molecule has 12 nitrogen and oxygen atoms in total. The molecule has 0 fully saturated rings. The van der Waals surface area contributed by atoms with Crippen LogP contribution in [-0.4, -0.2) is 48.2 Å². The number of aromatic nitrogens is 10. The highest BCUT2D eigenvalue weighted by atomic mass is 15.1. The molecule has 6 heterocycles. The van der Waals surface area contributed by atoms with E-state index in [0.717, 1.165) is 111 Å². The summed E-state index contributed by atoms with van der Waals surface area (Å²) in [6.45, 7) is 53.7. The lowest BCUT2D eigenvalue weighted by molar-refractivity contribution is 0.590. The molecule has 0 aliphatic carbocycles. The lowest BCUT2D eigenvalue weighted by Crippen LogP contribution is -2.10. The number of aryl methyl sites for hydroxylation is 4. The molecule has 0 saturated heterocycles. The molecule has 0 unspecified atom stereocenters. The second kappa shape index (κ2) is 30.2. The normalized spacial score (nSPS) is 12.2. The average molecular weight is 1610 g/mol. The molecule has 124 heavy (non-hydrogen) atoms. The zero-order valence-electron chi connectivity index (χ0n) is 73.1. The number of hydrogen-bond donors (Lipinski definition) is 0. The predicted molar refractivity (Wildman–Crippen MR) is 516 cm³/mol. The maximum atomic E-state index is 9.09. The van der Waals surface area contributed by atoms with E-state index in [2.05, 4.69) is 296 Å². The number of fused-ring (bicyclic) bond motifs is 12. The minimum atomic E-state index is -0.0740. The summed E-state index contributed by atoms with van der Waals surface area (Å²) in [7, 11) is 0. The lowest BCUT2D eigenvalue weighted by atomic mass is 9.85. The molecule has 0 amide bonds. The molecule has 12 heteroatoms. The molecule has 0 atom stereocenters. The van der Waals surface area contributed by atoms with Crippen molar-refractivity contribution in [3.63, 3.8) is 0 Å². The first-order chi connectivity index (χ1) is 59.5. The number of hydrogen-bond acceptors (Lipinski definition) is 6. The number of benzene rings is 14. The third-order valence-corrected chi connectivity index (χ3v) is 24.4. The standard InChI is InChI=1S/C62H60N6.C50H36N6/c1-59(2,3)40-24-28-50-45(32-40)46-33-41(60(4,5)6)25-29-51(46)67(50)44-36-49(63-13)55(58-65-56(38-20-16-14-17-21-38)64-57(66-58)39-22-18-15-19-23-39)54(37-44)68-52-30-26-42(61(7,8)9)34-47(52)48-35-43(62(10,11)12)27-31-53(48)68;1-30-16-20-42-37(24-30)38-25-31(2)17-21-43(38)55(42)36-28-41(51-5)47(46(29-36)56-44-22-18-32(3)26-39(44)40-27-33(4)19-23-45(40)56)50-53-48(34-12-8-6-9-13-34)52-49(54-50)35-14-10-7-11-15-35/h14-37H,1-12H3;6-29H,1-4H3. The topological polar surface area (TPSA) is 106 Å². The largest absolute Gasteiger partial charge is 0.310 e. The van der Waals surface area contributed by atoms with Gasteiger partial charge in [-0.25, -0.2) is 39.6 Å². The summed E-state index contributed by atoms with van der Waals surface area (Å²) in [5.41, 5.74) is 27.1. The zero-order chi connectivity index (χ0) is 86.2. The van der Waals surface area contributed by atoms with Crippen LogP contribution in [0.1, 0.15) is 128 Å². The molecule has 14 aromatic carbocycles. The Balaban J connectivity index is 0.000000165. The van der Waals surface area contributed by atoms with Gasteiger partial charge in [-0.05, 0) is 193 Å². The van der Waals surface area contributed by atoms with E-state index in [1.165, 1.54) is 66.1 Å². The second-order valence-electron chi connectivity index (χ2n) is 37.4. The van der Waals surface area contributed by atoms with E-state index in [1.807, 2.05) is 133 Å². The van der Waals surface area contributed by atoms with E-state index in [9.17, 15) is 0 Å². The zero-order valence-corrected chi connectivity index (χ0v) is 73.1. The highest BCUT2D eigenvalue weighted by Crippen LogP contribution is 2.49. The van der Waals surface area contributed by atoms with Crippen LogP contribution in [0.4, 0.5) is 11.4 Å². The van der Waals surface area contributed by atoms with Gasteiger partial charge in [0.1, 0.15) is 0 Å². The molecule has 0 aliphatic rings. The SMILES string of the molecule is [C-]#[N+]c1cc(-n2c3ccc(C(C)(C)C)cc3c3cc(C(C)(C)C)ccc32)cc(-n2c3ccc(C(C)(C)C)cc3c3cc(C(C)(C)C)ccc32)c1-c1nc(-c2ccccc2)nc(-c2ccccc2)n1.[C-]#[N+]c1cc(-n2c3ccc(C)cc3c3cc(C)ccc32)cc(-n2c3ccc(C)cc3c3cc(C)ccc32)c1-c1nc(-c2ccccc2)nc(-c2ccccc2)n1. The van der Waals surface area contributed by atoms with Crippen molar-refractivity contribution < 1.29 is 0 Å². The van der Waals surface area contributed by atoms with Crippen molar-refractivity contribution in [1.29, 1.82) is 0 Å². The minimum Gasteiger partial charge on any atom is -0.310 e. The lowest BCUT2D eigenvalue weighted by Gasteiger charge is -2.21. The van der Waals surface area contributed by atoms with Crippen LogP contribution in [0.25, 0.3) is 188 Å². The van der Waals surface area contributed by atoms with Crippen molar-refractivity contribution in [2.75, 3.05) is 0 Å². The highest BCUT2D eigenvalue weighted by Gasteiger charge is 2.31. The van der Waals surface area contributed by atoms with Crippen LogP contribution < -0.4 is 0 Å². The summed E-state index contributed by atoms with van der Waals surface area (Å²) >= 11 is 0. The number of rotatable bonds is 10. The highest BCUT2D eigenvalue weighted by molar-refractivity contribution is 6.15. The quantitative estimate of drug-likeness (QED) is 0.126. The summed E-state index contributed by atoms with van der Waals surface area (Å²) in [5.74, 6) is 3.04. The first-order valence-corrected chi connectivity index (χ1v) is 42.6. The van der Waals surface area contributed by atoms with Crippen LogP contribution in [0.5, 0.6) is 0 Å². The van der Waals surface area contributed by atoms with Crippen molar-refractivity contribution in [1.82, 2.24) is 48.2 Å². The van der Waals surface area contributed by atoms with Gasteiger partial charge in [0.2, 0.25) is 11.4 Å². The Kier molecular flexibility index (Phi) is 19.2. The van der Waals surface area contributed by atoms with Gasteiger partial charge in [0.15, 0.2) is 34.9 Å². The third-order valence-electron chi connectivity index (χ3n) is 24.4. The Morgan fingerprint density at radius 3 is 0.661 bits per heavy atom. The molecule has 6 aromatic heterocycles. The Hall–Kier alpha value is -14.7. The summed E-state index contributed by atoms with van der Waals surface area (Å²) in [6.07, 6.45) is 0. The van der Waals surface area contributed by atoms with Crippen LogP contribution in [0, 0.1) is 40.8 Å². The molecular formula is C112H96N12. The Morgan fingerprint density at radius 1 is 0.226 bits per heavy atom. The molecule has 20 rings (SSSR count). The van der Waals surface area contributed by atoms with E-state index in [-0.39, 0.29) is 21.7 Å². The minimum absolute atomic E-state index is 0.0473. The molecule has 0 saturated carbocycles. The molecule has 20 aromatic rings. The molecule has 0 radical (unpaired) electrons. The molecule has 604 valence electrons. The van der Waals surface area contributed by atoms with Crippen LogP contribution in [-0.2, 0) is 21.7 Å². The summed E-state index contributed by atoms with van der Waals surface area (Å²) in [5, 5.41) is 9.35. The molecule has 0 N–H and O–H groups in total. The monoisotopic (exact) mass is 1610 g/mol. The van der Waals surface area contributed by atoms with Gasteiger partial charge in [-0.15, -0.1) is 0 Å². The van der Waals surface area contributed by atoms with E-state index >= 15 is 0 Å². The van der Waals surface area contributed by atoms with Crippen molar-refractivity contribution in [3.05, 3.63) is 359 Å². The molecular weight excluding hydrogens is 1510 g/mol. The van der Waals surface area contributed by atoms with Crippen molar-refractivity contribution in [3.8, 4) is 91.1 Å². The fourth-order valence-electron chi connectivity index (χ4n) is 17.8. The van der Waals surface area contributed by atoms with Gasteiger partial charge in [-0.1, -0.05) is 275 Å². The second-order valence-corrected chi connectivity index (χ2v) is 37.4. The summed E-state index contributed by atoms with van der Waals surface area (Å²) in [4.78, 5) is 39.8. The smallest absolute Gasteiger partial charge is 0.202 e. The first kappa shape index (κ1) is 79.1. The average Bonchev–Trinajstić information content (AvgIpc) is 1.56. The third kappa shape index (κ3) is 14.1. The molecule has 0 spiro atoms. The van der Waals surface area contributed by atoms with Crippen LogP contribution in [0.2, 0.25) is 0 Å². The van der Waals surface area contributed by atoms with Crippen LogP contribution >= 0.6 is 0 Å². The van der Waals surface area contributed by atoms with Crippen molar-refractivity contribution >= 4 is 98.6 Å². The van der Waals surface area contributed by atoms with Gasteiger partial charge < -0.3 is 18.3 Å². The van der Waals surface area contributed by atoms with E-state index < -0.39 is 0 Å². The Morgan fingerprint density at radius 2 is 0.435 bits per heavy atom. The van der Waals surface area contributed by atoms with Crippen molar-refractivity contribution in [2.45, 2.75) is 132 Å². The Labute approximate surface area is 724 Å². The number of nitrogens with zero attached hydrogens (tertiary/aromatic N) is 12.